The fourth-order valence-corrected chi connectivity index (χ4v) is 0.258. The van der Waals surface area contributed by atoms with Gasteiger partial charge in [-0.3, -0.25) is 8.42 Å². The number of aliphatic carboxylic acids is 2. The van der Waals surface area contributed by atoms with Gasteiger partial charge < -0.3 is 39.1 Å². The van der Waals surface area contributed by atoms with Gasteiger partial charge in [-0.15, -0.1) is 0 Å². The summed E-state index contributed by atoms with van der Waals surface area (Å²) in [5, 5.41) is 35.7. The number of hydrogen-bond donors (Lipinski definition) is 2. The van der Waals surface area contributed by atoms with Gasteiger partial charge >= 0.3 is 80.9 Å². The standard InChI is InChI=1S/C4H6O6.K.Na.H2O4S/c5-1(3(7)8)2(6)4(9)10;;;1-5(2,3)4/h1-2,5-6H,(H,7,8)(H,9,10);;;(H2,1,2,3,4)/q;2*+1;/p-4. The number of rotatable bonds is 3. The summed E-state index contributed by atoms with van der Waals surface area (Å²) in [6.07, 6.45) is -4.88. The number of aliphatic hydroxyl groups excluding tert-OH is 2. The second-order valence-corrected chi connectivity index (χ2v) is 2.75. The molecule has 0 aromatic heterocycles. The van der Waals surface area contributed by atoms with Gasteiger partial charge in [-0.05, 0) is 0 Å². The van der Waals surface area contributed by atoms with Crippen LogP contribution in [0, 0.1) is 0 Å². The average Bonchev–Trinajstić information content (AvgIpc) is 1.98. The van der Waals surface area contributed by atoms with E-state index >= 15 is 0 Å². The van der Waals surface area contributed by atoms with E-state index in [1.165, 1.54) is 0 Å². The molecule has 0 aliphatic carbocycles. The molecule has 0 bridgehead atoms. The van der Waals surface area contributed by atoms with Gasteiger partial charge in [0.2, 0.25) is 0 Å². The molecule has 17 heavy (non-hydrogen) atoms. The molecule has 0 aromatic rings. The minimum absolute atomic E-state index is 0. The summed E-state index contributed by atoms with van der Waals surface area (Å²) in [7, 11) is -5.17. The Hall–Kier alpha value is 1.37. The van der Waals surface area contributed by atoms with Crippen molar-refractivity contribution < 1.29 is 128 Å². The zero-order valence-corrected chi connectivity index (χ0v) is 14.7. The van der Waals surface area contributed by atoms with Crippen LogP contribution in [0.1, 0.15) is 0 Å². The summed E-state index contributed by atoms with van der Waals surface area (Å²) >= 11 is 0. The van der Waals surface area contributed by atoms with Crippen LogP contribution in [0.3, 0.4) is 0 Å². The SMILES string of the molecule is O=C([O-])C(O)C(O)C(=O)[O-].O=S(=O)([O-])[O-].[K+].[Na+]. The molecule has 0 aromatic carbocycles. The van der Waals surface area contributed by atoms with E-state index in [2.05, 4.69) is 0 Å². The first-order chi connectivity index (χ1) is 6.46. The fourth-order valence-electron chi connectivity index (χ4n) is 0.258. The predicted octanol–water partition coefficient (Wildman–Crippen LogP) is -12.1. The van der Waals surface area contributed by atoms with Gasteiger partial charge in [0.05, 0.1) is 11.9 Å². The zero-order valence-electron chi connectivity index (χ0n) is 8.72. The Kier molecular flexibility index (Phi) is 19.6. The number of carbonyl (C=O) groups excluding carboxylic acids is 2. The Labute approximate surface area is 160 Å². The van der Waals surface area contributed by atoms with Crippen molar-refractivity contribution >= 4 is 22.3 Å². The molecule has 0 aliphatic rings. The average molecular weight is 306 g/mol. The van der Waals surface area contributed by atoms with Gasteiger partial charge in [-0.2, -0.15) is 0 Å². The maximum absolute atomic E-state index is 9.63. The normalized spacial score (nSPS) is 12.7. The van der Waals surface area contributed by atoms with Crippen LogP contribution in [0.15, 0.2) is 0 Å². The molecule has 10 nitrogen and oxygen atoms in total. The molecule has 0 amide bonds. The molecular weight excluding hydrogens is 302 g/mol. The van der Waals surface area contributed by atoms with E-state index in [9.17, 15) is 19.8 Å². The summed E-state index contributed by atoms with van der Waals surface area (Å²) in [6, 6.07) is 0. The van der Waals surface area contributed by atoms with E-state index < -0.39 is 34.5 Å². The van der Waals surface area contributed by atoms with Crippen LogP contribution in [0.5, 0.6) is 0 Å². The number of hydrogen-bond acceptors (Lipinski definition) is 10. The monoisotopic (exact) mass is 306 g/mol. The van der Waals surface area contributed by atoms with Crippen molar-refractivity contribution in [3.8, 4) is 0 Å². The van der Waals surface area contributed by atoms with Crippen molar-refractivity contribution in [3.63, 3.8) is 0 Å². The minimum Gasteiger partial charge on any atom is -0.759 e. The van der Waals surface area contributed by atoms with E-state index in [0.29, 0.717) is 0 Å². The summed E-state index contributed by atoms with van der Waals surface area (Å²) in [5.74, 6) is -4.12. The Morgan fingerprint density at radius 3 is 1.12 bits per heavy atom. The van der Waals surface area contributed by atoms with E-state index in [4.69, 9.17) is 27.7 Å². The number of carbonyl (C=O) groups is 2. The molecule has 0 aliphatic heterocycles. The fraction of sp³-hybridized carbons (Fsp3) is 0.500. The molecule has 0 radical (unpaired) electrons. The predicted molar refractivity (Wildman–Crippen MR) is 32.5 cm³/mol. The Bertz CT molecular complexity index is 301. The molecule has 0 heterocycles. The molecule has 2 unspecified atom stereocenters. The van der Waals surface area contributed by atoms with Crippen LogP contribution in [0.4, 0.5) is 0 Å². The van der Waals surface area contributed by atoms with Crippen LogP contribution in [0.2, 0.25) is 0 Å². The van der Waals surface area contributed by atoms with Crippen molar-refractivity contribution in [1.82, 2.24) is 0 Å². The van der Waals surface area contributed by atoms with E-state index in [1.54, 1.807) is 0 Å². The smallest absolute Gasteiger partial charge is 0.759 e. The van der Waals surface area contributed by atoms with Gasteiger partial charge in [0, 0.05) is 10.4 Å². The molecule has 0 rings (SSSR count). The summed E-state index contributed by atoms with van der Waals surface area (Å²) in [5.41, 5.74) is 0. The molecular formula is C4H4KNaO10S-2. The molecule has 2 atom stereocenters. The zero-order chi connectivity index (χ0) is 12.8. The van der Waals surface area contributed by atoms with E-state index in [-0.39, 0.29) is 80.9 Å². The van der Waals surface area contributed by atoms with Crippen LogP contribution in [0.25, 0.3) is 0 Å². The molecule has 2 N–H and O–H groups in total. The van der Waals surface area contributed by atoms with Gasteiger partial charge in [0.25, 0.3) is 0 Å². The van der Waals surface area contributed by atoms with E-state index in [0.717, 1.165) is 0 Å². The molecule has 0 saturated carbocycles. The van der Waals surface area contributed by atoms with Crippen molar-refractivity contribution in [3.05, 3.63) is 0 Å². The minimum atomic E-state index is -5.17. The van der Waals surface area contributed by atoms with Crippen LogP contribution < -0.4 is 91.2 Å². The first-order valence-corrected chi connectivity index (χ1v) is 4.24. The van der Waals surface area contributed by atoms with Crippen LogP contribution >= 0.6 is 0 Å². The second kappa shape index (κ2) is 12.4. The van der Waals surface area contributed by atoms with Gasteiger partial charge in [0.1, 0.15) is 12.2 Å². The van der Waals surface area contributed by atoms with Gasteiger partial charge in [0.15, 0.2) is 0 Å². The van der Waals surface area contributed by atoms with Crippen molar-refractivity contribution in [1.29, 1.82) is 0 Å². The molecule has 0 spiro atoms. The quantitative estimate of drug-likeness (QED) is 0.286. The molecule has 0 fully saturated rings. The van der Waals surface area contributed by atoms with Crippen molar-refractivity contribution in [2.24, 2.45) is 0 Å². The molecule has 13 heteroatoms. The Morgan fingerprint density at radius 2 is 1.06 bits per heavy atom. The van der Waals surface area contributed by atoms with Gasteiger partial charge in [-0.25, -0.2) is 0 Å². The number of carboxylic acids is 2. The first kappa shape index (κ1) is 26.8. The topological polar surface area (TPSA) is 201 Å². The largest absolute Gasteiger partial charge is 1.00 e. The number of aliphatic hydroxyl groups is 2. The first-order valence-electron chi connectivity index (χ1n) is 2.91. The molecule has 90 valence electrons. The maximum atomic E-state index is 9.63. The summed E-state index contributed by atoms with van der Waals surface area (Å²) in [6.45, 7) is 0. The third-order valence-corrected chi connectivity index (χ3v) is 0.782. The Balaban J connectivity index is -0.000000105. The Morgan fingerprint density at radius 1 is 0.941 bits per heavy atom. The third-order valence-electron chi connectivity index (χ3n) is 0.782. The summed E-state index contributed by atoms with van der Waals surface area (Å²) in [4.78, 5) is 19.3. The van der Waals surface area contributed by atoms with E-state index in [1.807, 2.05) is 0 Å². The second-order valence-electron chi connectivity index (χ2n) is 1.94. The maximum Gasteiger partial charge on any atom is 1.00 e. The van der Waals surface area contributed by atoms with Crippen molar-refractivity contribution in [2.75, 3.05) is 0 Å². The van der Waals surface area contributed by atoms with Crippen molar-refractivity contribution in [2.45, 2.75) is 12.2 Å². The summed E-state index contributed by atoms with van der Waals surface area (Å²) < 4.78 is 34.1. The van der Waals surface area contributed by atoms with Crippen LogP contribution in [-0.4, -0.2) is 51.9 Å². The third kappa shape index (κ3) is 23.0. The number of carboxylic acid groups (broad SMARTS) is 2. The van der Waals surface area contributed by atoms with Gasteiger partial charge in [-0.1, -0.05) is 0 Å². The van der Waals surface area contributed by atoms with Crippen LogP contribution in [-0.2, 0) is 20.0 Å². The molecule has 0 saturated heterocycles.